The maximum Gasteiger partial charge on any atom is 0.134 e. The van der Waals surface area contributed by atoms with Crippen LogP contribution in [0.3, 0.4) is 0 Å². The van der Waals surface area contributed by atoms with Gasteiger partial charge in [-0.3, -0.25) is 0 Å². The lowest BCUT2D eigenvalue weighted by Crippen LogP contribution is -1.85. The SMILES string of the molecule is Nc1ccc2c(c1)[nH]c1ccnn12. The molecule has 0 amide bonds. The molecule has 0 aliphatic rings. The average Bonchev–Trinajstić information content (AvgIpc) is 2.62. The smallest absolute Gasteiger partial charge is 0.134 e. The van der Waals surface area contributed by atoms with E-state index in [0.29, 0.717) is 0 Å². The molecule has 3 N–H and O–H groups in total. The molecular formula is C9H8N4. The molecule has 0 saturated heterocycles. The molecule has 0 spiro atoms. The zero-order chi connectivity index (χ0) is 8.84. The quantitative estimate of drug-likeness (QED) is 0.503. The van der Waals surface area contributed by atoms with Crippen molar-refractivity contribution in [3.05, 3.63) is 30.5 Å². The summed E-state index contributed by atoms with van der Waals surface area (Å²) >= 11 is 0. The van der Waals surface area contributed by atoms with Gasteiger partial charge in [0.1, 0.15) is 5.65 Å². The number of H-pyrrole nitrogens is 1. The van der Waals surface area contributed by atoms with E-state index in [1.165, 1.54) is 0 Å². The third-order valence-electron chi connectivity index (χ3n) is 2.15. The van der Waals surface area contributed by atoms with Crippen molar-refractivity contribution in [3.8, 4) is 0 Å². The number of nitrogens with one attached hydrogen (secondary N) is 1. The van der Waals surface area contributed by atoms with Gasteiger partial charge in [0.15, 0.2) is 0 Å². The molecule has 3 rings (SSSR count). The number of fused-ring (bicyclic) bond motifs is 3. The van der Waals surface area contributed by atoms with Gasteiger partial charge in [0.05, 0.1) is 17.2 Å². The van der Waals surface area contributed by atoms with E-state index in [0.717, 1.165) is 22.4 Å². The molecule has 2 aromatic heterocycles. The van der Waals surface area contributed by atoms with Crippen molar-refractivity contribution in [3.63, 3.8) is 0 Å². The molecule has 0 aliphatic carbocycles. The van der Waals surface area contributed by atoms with Crippen LogP contribution in [0.15, 0.2) is 30.5 Å². The average molecular weight is 172 g/mol. The van der Waals surface area contributed by atoms with Crippen LogP contribution >= 0.6 is 0 Å². The molecule has 3 aromatic rings. The van der Waals surface area contributed by atoms with Crippen LogP contribution in [0.1, 0.15) is 0 Å². The Morgan fingerprint density at radius 1 is 1.31 bits per heavy atom. The third-order valence-corrected chi connectivity index (χ3v) is 2.15. The van der Waals surface area contributed by atoms with Crippen LogP contribution in [0.4, 0.5) is 5.69 Å². The Balaban J connectivity index is 2.59. The lowest BCUT2D eigenvalue weighted by molar-refractivity contribution is 1.01. The fourth-order valence-corrected chi connectivity index (χ4v) is 1.57. The first-order chi connectivity index (χ1) is 6.34. The van der Waals surface area contributed by atoms with E-state index >= 15 is 0 Å². The van der Waals surface area contributed by atoms with Gasteiger partial charge in [-0.15, -0.1) is 0 Å². The maximum absolute atomic E-state index is 5.66. The highest BCUT2D eigenvalue weighted by Crippen LogP contribution is 2.17. The summed E-state index contributed by atoms with van der Waals surface area (Å²) in [6, 6.07) is 7.67. The lowest BCUT2D eigenvalue weighted by atomic mass is 10.3. The second-order valence-corrected chi connectivity index (χ2v) is 3.03. The van der Waals surface area contributed by atoms with Gasteiger partial charge in [0.25, 0.3) is 0 Å². The molecule has 0 fully saturated rings. The van der Waals surface area contributed by atoms with E-state index < -0.39 is 0 Å². The zero-order valence-corrected chi connectivity index (χ0v) is 6.86. The van der Waals surface area contributed by atoms with Gasteiger partial charge in [-0.25, -0.2) is 4.52 Å². The summed E-state index contributed by atoms with van der Waals surface area (Å²) in [5, 5.41) is 4.18. The van der Waals surface area contributed by atoms with E-state index in [1.807, 2.05) is 28.8 Å². The summed E-state index contributed by atoms with van der Waals surface area (Å²) in [5.41, 5.74) is 9.48. The van der Waals surface area contributed by atoms with E-state index in [2.05, 4.69) is 10.1 Å². The van der Waals surface area contributed by atoms with Crippen molar-refractivity contribution in [2.75, 3.05) is 5.73 Å². The van der Waals surface area contributed by atoms with Crippen molar-refractivity contribution in [2.24, 2.45) is 0 Å². The number of rotatable bonds is 0. The first-order valence-corrected chi connectivity index (χ1v) is 4.05. The minimum absolute atomic E-state index is 0.761. The molecule has 13 heavy (non-hydrogen) atoms. The van der Waals surface area contributed by atoms with E-state index in [1.54, 1.807) is 6.20 Å². The summed E-state index contributed by atoms with van der Waals surface area (Å²) in [4.78, 5) is 3.22. The van der Waals surface area contributed by atoms with Crippen LogP contribution in [0.25, 0.3) is 16.7 Å². The Morgan fingerprint density at radius 3 is 3.15 bits per heavy atom. The number of anilines is 1. The summed E-state index contributed by atoms with van der Waals surface area (Å²) in [7, 11) is 0. The molecule has 64 valence electrons. The Hall–Kier alpha value is -1.97. The van der Waals surface area contributed by atoms with Crippen LogP contribution in [-0.4, -0.2) is 14.6 Å². The number of imidazole rings is 1. The van der Waals surface area contributed by atoms with Gasteiger partial charge in [0.2, 0.25) is 0 Å². The number of hydrogen-bond acceptors (Lipinski definition) is 2. The second-order valence-electron chi connectivity index (χ2n) is 3.03. The molecule has 0 radical (unpaired) electrons. The number of nitrogens with zero attached hydrogens (tertiary/aromatic N) is 2. The zero-order valence-electron chi connectivity index (χ0n) is 6.86. The highest BCUT2D eigenvalue weighted by Gasteiger charge is 2.02. The van der Waals surface area contributed by atoms with Crippen LogP contribution in [0.2, 0.25) is 0 Å². The van der Waals surface area contributed by atoms with Crippen molar-refractivity contribution in [1.29, 1.82) is 0 Å². The Bertz CT molecular complexity index is 575. The number of nitrogen functional groups attached to an aromatic ring is 1. The van der Waals surface area contributed by atoms with Crippen LogP contribution < -0.4 is 5.73 Å². The predicted octanol–water partition coefficient (Wildman–Crippen LogP) is 1.40. The number of hydrogen-bond donors (Lipinski definition) is 2. The van der Waals surface area contributed by atoms with Gasteiger partial charge in [-0.1, -0.05) is 0 Å². The second kappa shape index (κ2) is 2.04. The van der Waals surface area contributed by atoms with Crippen LogP contribution in [-0.2, 0) is 0 Å². The Morgan fingerprint density at radius 2 is 2.23 bits per heavy atom. The number of aromatic nitrogens is 3. The molecule has 0 bridgehead atoms. The van der Waals surface area contributed by atoms with E-state index in [-0.39, 0.29) is 0 Å². The molecule has 2 heterocycles. The van der Waals surface area contributed by atoms with E-state index in [4.69, 9.17) is 5.73 Å². The lowest BCUT2D eigenvalue weighted by Gasteiger charge is -1.91. The van der Waals surface area contributed by atoms with Crippen molar-refractivity contribution < 1.29 is 0 Å². The first kappa shape index (κ1) is 6.54. The molecule has 0 saturated carbocycles. The van der Waals surface area contributed by atoms with Gasteiger partial charge in [-0.05, 0) is 18.2 Å². The van der Waals surface area contributed by atoms with Gasteiger partial charge in [-0.2, -0.15) is 5.10 Å². The molecular weight excluding hydrogens is 164 g/mol. The van der Waals surface area contributed by atoms with Crippen LogP contribution in [0, 0.1) is 0 Å². The predicted molar refractivity (Wildman–Crippen MR) is 51.5 cm³/mol. The number of benzene rings is 1. The van der Waals surface area contributed by atoms with Crippen molar-refractivity contribution in [1.82, 2.24) is 14.6 Å². The summed E-state index contributed by atoms with van der Waals surface area (Å²) < 4.78 is 1.86. The largest absolute Gasteiger partial charge is 0.399 e. The highest BCUT2D eigenvalue weighted by atomic mass is 15.3. The van der Waals surface area contributed by atoms with E-state index in [9.17, 15) is 0 Å². The summed E-state index contributed by atoms with van der Waals surface area (Å²) in [5.74, 6) is 0. The monoisotopic (exact) mass is 172 g/mol. The summed E-state index contributed by atoms with van der Waals surface area (Å²) in [6.07, 6.45) is 1.77. The molecule has 4 nitrogen and oxygen atoms in total. The fourth-order valence-electron chi connectivity index (χ4n) is 1.57. The summed E-state index contributed by atoms with van der Waals surface area (Å²) in [6.45, 7) is 0. The minimum atomic E-state index is 0.761. The Kier molecular flexibility index (Phi) is 1.02. The van der Waals surface area contributed by atoms with Crippen molar-refractivity contribution in [2.45, 2.75) is 0 Å². The topological polar surface area (TPSA) is 59.1 Å². The van der Waals surface area contributed by atoms with Gasteiger partial charge < -0.3 is 10.7 Å². The van der Waals surface area contributed by atoms with Crippen LogP contribution in [0.5, 0.6) is 0 Å². The fraction of sp³-hybridized carbons (Fsp3) is 0. The molecule has 0 aliphatic heterocycles. The molecule has 4 heteroatoms. The molecule has 0 atom stereocenters. The highest BCUT2D eigenvalue weighted by molar-refractivity contribution is 5.82. The minimum Gasteiger partial charge on any atom is -0.399 e. The number of nitrogens with two attached hydrogens (primary N) is 1. The molecule has 0 unspecified atom stereocenters. The number of aromatic amines is 1. The van der Waals surface area contributed by atoms with Crippen molar-refractivity contribution >= 4 is 22.4 Å². The maximum atomic E-state index is 5.66. The third kappa shape index (κ3) is 0.767. The first-order valence-electron chi connectivity index (χ1n) is 4.05. The Labute approximate surface area is 74.0 Å². The standard InChI is InChI=1S/C9H8N4/c10-6-1-2-8-7(5-6)12-9-3-4-11-13(8)9/h1-5,12H,10H2. The van der Waals surface area contributed by atoms with Gasteiger partial charge in [0, 0.05) is 11.8 Å². The normalized spacial score (nSPS) is 11.4. The van der Waals surface area contributed by atoms with Gasteiger partial charge >= 0.3 is 0 Å². The molecule has 1 aromatic carbocycles.